The lowest BCUT2D eigenvalue weighted by molar-refractivity contribution is 0.102. The maximum absolute atomic E-state index is 13.2. The number of anilines is 1. The first-order valence-electron chi connectivity index (χ1n) is 11.7. The fourth-order valence-electron chi connectivity index (χ4n) is 4.07. The number of halogens is 2. The molecular weight excluding hydrogens is 565 g/mol. The number of hydrogen-bond acceptors (Lipinski definition) is 7. The van der Waals surface area contributed by atoms with E-state index >= 15 is 0 Å². The summed E-state index contributed by atoms with van der Waals surface area (Å²) in [6, 6.07) is 15.8. The summed E-state index contributed by atoms with van der Waals surface area (Å²) in [6.07, 6.45) is 0.204. The Balaban J connectivity index is 1.82. The predicted molar refractivity (Wildman–Crippen MR) is 151 cm³/mol. The van der Waals surface area contributed by atoms with Gasteiger partial charge in [0.25, 0.3) is 16.0 Å². The molecule has 0 spiro atoms. The number of hydrogen-bond donors (Lipinski definition) is 3. The Morgan fingerprint density at radius 1 is 1.03 bits per heavy atom. The third kappa shape index (κ3) is 6.15. The first-order chi connectivity index (χ1) is 18.5. The van der Waals surface area contributed by atoms with Crippen molar-refractivity contribution in [2.24, 2.45) is 10.2 Å². The van der Waals surface area contributed by atoms with Gasteiger partial charge < -0.3 is 15.2 Å². The Hall–Kier alpha value is -3.70. The van der Waals surface area contributed by atoms with Gasteiger partial charge in [-0.3, -0.25) is 9.35 Å². The summed E-state index contributed by atoms with van der Waals surface area (Å²) in [5.41, 5.74) is 0.151. The molecule has 0 saturated heterocycles. The zero-order valence-corrected chi connectivity index (χ0v) is 23.1. The maximum Gasteiger partial charge on any atom is 0.297 e. The molecule has 202 valence electrons. The number of carbonyl (C=O) groups is 1. The Labute approximate surface area is 234 Å². The Bertz CT molecular complexity index is 1720. The van der Waals surface area contributed by atoms with E-state index in [0.717, 1.165) is 0 Å². The molecule has 0 heterocycles. The summed E-state index contributed by atoms with van der Waals surface area (Å²) in [7, 11) is -4.71. The molecule has 0 aromatic heterocycles. The highest BCUT2D eigenvalue weighted by molar-refractivity contribution is 7.86. The Morgan fingerprint density at radius 3 is 2.46 bits per heavy atom. The fraction of sp³-hybridized carbons (Fsp3) is 0.148. The van der Waals surface area contributed by atoms with Crippen LogP contribution in [0.15, 0.2) is 75.8 Å². The van der Waals surface area contributed by atoms with Gasteiger partial charge in [-0.1, -0.05) is 54.4 Å². The van der Waals surface area contributed by atoms with Gasteiger partial charge >= 0.3 is 0 Å². The molecule has 4 rings (SSSR count). The van der Waals surface area contributed by atoms with Gasteiger partial charge in [0.2, 0.25) is 0 Å². The van der Waals surface area contributed by atoms with E-state index in [2.05, 4.69) is 15.5 Å². The number of benzene rings is 4. The zero-order chi connectivity index (χ0) is 28.3. The smallest absolute Gasteiger partial charge is 0.297 e. The minimum Gasteiger partial charge on any atom is -0.505 e. The largest absolute Gasteiger partial charge is 0.505 e. The van der Waals surface area contributed by atoms with Crippen molar-refractivity contribution in [1.29, 1.82) is 0 Å². The molecular formula is C27H23Cl2N3O6S. The lowest BCUT2D eigenvalue weighted by atomic mass is 10.0. The van der Waals surface area contributed by atoms with Crippen LogP contribution in [-0.4, -0.2) is 30.6 Å². The standard InChI is InChI=1S/C27H23Cl2N3O6S/c1-3-19-22(29)9-10-23(26(19)39(35,36)37)31-32-24-20-8-6-5-7-15(20)11-21(25(24)33)27(34)30-17-12-16(28)13-18(14-17)38-4-2/h5-14,33H,3-4H2,1-2H3,(H,30,34)(H,35,36,37). The molecule has 0 unspecified atom stereocenters. The predicted octanol–water partition coefficient (Wildman–Crippen LogP) is 7.73. The average Bonchev–Trinajstić information content (AvgIpc) is 2.87. The summed E-state index contributed by atoms with van der Waals surface area (Å²) < 4.78 is 39.6. The van der Waals surface area contributed by atoms with Crippen LogP contribution in [0.3, 0.4) is 0 Å². The van der Waals surface area contributed by atoms with Crippen molar-refractivity contribution in [3.63, 3.8) is 0 Å². The first kappa shape index (κ1) is 28.3. The highest BCUT2D eigenvalue weighted by Gasteiger charge is 2.23. The van der Waals surface area contributed by atoms with E-state index in [9.17, 15) is 22.9 Å². The molecule has 0 saturated carbocycles. The van der Waals surface area contributed by atoms with Crippen molar-refractivity contribution in [3.05, 3.63) is 81.8 Å². The normalized spacial score (nSPS) is 11.7. The van der Waals surface area contributed by atoms with E-state index in [0.29, 0.717) is 33.8 Å². The number of nitrogens with one attached hydrogen (secondary N) is 1. The second-order valence-electron chi connectivity index (χ2n) is 8.31. The van der Waals surface area contributed by atoms with Gasteiger partial charge in [0.1, 0.15) is 22.0 Å². The van der Waals surface area contributed by atoms with Gasteiger partial charge in [0, 0.05) is 27.2 Å². The van der Waals surface area contributed by atoms with Crippen LogP contribution >= 0.6 is 23.2 Å². The average molecular weight is 588 g/mol. The first-order valence-corrected chi connectivity index (χ1v) is 13.9. The lowest BCUT2D eigenvalue weighted by Crippen LogP contribution is -2.12. The number of fused-ring (bicyclic) bond motifs is 1. The topological polar surface area (TPSA) is 138 Å². The van der Waals surface area contributed by atoms with Gasteiger partial charge in [-0.15, -0.1) is 10.2 Å². The van der Waals surface area contributed by atoms with Crippen molar-refractivity contribution in [3.8, 4) is 11.5 Å². The van der Waals surface area contributed by atoms with Crippen LogP contribution in [0.5, 0.6) is 11.5 Å². The second kappa shape index (κ2) is 11.6. The van der Waals surface area contributed by atoms with Crippen LogP contribution in [-0.2, 0) is 16.5 Å². The summed E-state index contributed by atoms with van der Waals surface area (Å²) in [4.78, 5) is 12.8. The van der Waals surface area contributed by atoms with Crippen molar-refractivity contribution >= 4 is 67.1 Å². The van der Waals surface area contributed by atoms with Gasteiger partial charge in [0.15, 0.2) is 5.75 Å². The molecule has 12 heteroatoms. The van der Waals surface area contributed by atoms with Crippen LogP contribution in [0.1, 0.15) is 29.8 Å². The number of aromatic hydroxyl groups is 1. The number of azo groups is 1. The van der Waals surface area contributed by atoms with Crippen LogP contribution in [0, 0.1) is 0 Å². The number of amides is 1. The fourth-order valence-corrected chi connectivity index (χ4v) is 5.58. The molecule has 4 aromatic carbocycles. The van der Waals surface area contributed by atoms with Crippen LogP contribution in [0.4, 0.5) is 17.1 Å². The van der Waals surface area contributed by atoms with Crippen LogP contribution in [0.2, 0.25) is 10.0 Å². The molecule has 1 amide bonds. The molecule has 0 atom stereocenters. The summed E-state index contributed by atoms with van der Waals surface area (Å²) >= 11 is 12.3. The molecule has 4 aromatic rings. The highest BCUT2D eigenvalue weighted by Crippen LogP contribution is 2.41. The van der Waals surface area contributed by atoms with Crippen molar-refractivity contribution in [2.75, 3.05) is 11.9 Å². The summed E-state index contributed by atoms with van der Waals surface area (Å²) in [6.45, 7) is 3.89. The number of carbonyl (C=O) groups excluding carboxylic acids is 1. The Morgan fingerprint density at radius 2 is 1.77 bits per heavy atom. The minimum absolute atomic E-state index is 0.0753. The molecule has 9 nitrogen and oxygen atoms in total. The number of nitrogens with zero attached hydrogens (tertiary/aromatic N) is 2. The van der Waals surface area contributed by atoms with Gasteiger partial charge in [-0.25, -0.2) is 0 Å². The molecule has 0 aliphatic rings. The third-order valence-electron chi connectivity index (χ3n) is 5.73. The summed E-state index contributed by atoms with van der Waals surface area (Å²) in [5.74, 6) is -0.681. The van der Waals surface area contributed by atoms with E-state index in [-0.39, 0.29) is 33.9 Å². The second-order valence-corrected chi connectivity index (χ2v) is 10.5. The van der Waals surface area contributed by atoms with E-state index < -0.39 is 26.7 Å². The summed E-state index contributed by atoms with van der Waals surface area (Å²) in [5, 5.41) is 23.5. The SMILES string of the molecule is CCOc1cc(Cl)cc(NC(=O)c2cc3ccccc3c(N=Nc3ccc(Cl)c(CC)c3S(=O)(=O)O)c2O)c1. The third-order valence-corrected chi connectivity index (χ3v) is 7.28. The van der Waals surface area contributed by atoms with E-state index in [1.807, 2.05) is 6.92 Å². The lowest BCUT2D eigenvalue weighted by Gasteiger charge is -2.13. The van der Waals surface area contributed by atoms with Gasteiger partial charge in [0.05, 0.1) is 12.2 Å². The van der Waals surface area contributed by atoms with Crippen molar-refractivity contribution in [2.45, 2.75) is 25.2 Å². The van der Waals surface area contributed by atoms with Crippen LogP contribution < -0.4 is 10.1 Å². The molecule has 0 fully saturated rings. The Kier molecular flexibility index (Phi) is 8.41. The van der Waals surface area contributed by atoms with E-state index in [1.54, 1.807) is 43.3 Å². The number of phenolic OH excluding ortho intramolecular Hbond substituents is 1. The molecule has 0 radical (unpaired) electrons. The number of phenols is 1. The van der Waals surface area contributed by atoms with Gasteiger partial charge in [-0.05, 0) is 54.6 Å². The molecule has 0 aliphatic carbocycles. The van der Waals surface area contributed by atoms with E-state index in [1.165, 1.54) is 24.3 Å². The van der Waals surface area contributed by atoms with E-state index in [4.69, 9.17) is 27.9 Å². The molecule has 0 aliphatic heterocycles. The van der Waals surface area contributed by atoms with Gasteiger partial charge in [-0.2, -0.15) is 8.42 Å². The quantitative estimate of drug-likeness (QED) is 0.142. The maximum atomic E-state index is 13.2. The van der Waals surface area contributed by atoms with Crippen LogP contribution in [0.25, 0.3) is 10.8 Å². The molecule has 39 heavy (non-hydrogen) atoms. The number of ether oxygens (including phenoxy) is 1. The molecule has 0 bridgehead atoms. The molecule has 3 N–H and O–H groups in total. The van der Waals surface area contributed by atoms with Crippen molar-refractivity contribution in [1.82, 2.24) is 0 Å². The van der Waals surface area contributed by atoms with Crippen molar-refractivity contribution < 1.29 is 27.6 Å². The number of rotatable bonds is 8. The highest BCUT2D eigenvalue weighted by atomic mass is 35.5. The monoisotopic (exact) mass is 587 g/mol. The zero-order valence-electron chi connectivity index (χ0n) is 20.8. The minimum atomic E-state index is -4.71.